The summed E-state index contributed by atoms with van der Waals surface area (Å²) in [4.78, 5) is 9.33. The van der Waals surface area contributed by atoms with E-state index in [0.29, 0.717) is 0 Å². The van der Waals surface area contributed by atoms with Crippen LogP contribution in [0.15, 0.2) is 48.7 Å². The molecule has 2 heterocycles. The van der Waals surface area contributed by atoms with Crippen LogP contribution in [0.3, 0.4) is 0 Å². The molecule has 20 heavy (non-hydrogen) atoms. The second-order valence-corrected chi connectivity index (χ2v) is 5.12. The molecule has 2 aromatic carbocycles. The van der Waals surface area contributed by atoms with Gasteiger partial charge in [0.2, 0.25) is 0 Å². The molecular formula is C17H15N3. The van der Waals surface area contributed by atoms with E-state index in [2.05, 4.69) is 52.8 Å². The van der Waals surface area contributed by atoms with E-state index in [-0.39, 0.29) is 0 Å². The summed E-state index contributed by atoms with van der Waals surface area (Å²) in [6.45, 7) is 1.86. The van der Waals surface area contributed by atoms with Gasteiger partial charge >= 0.3 is 0 Å². The highest BCUT2D eigenvalue weighted by atomic mass is 15.0. The molecular weight excluding hydrogens is 246 g/mol. The second-order valence-electron chi connectivity index (χ2n) is 5.12. The summed E-state index contributed by atoms with van der Waals surface area (Å²) >= 11 is 0. The first-order chi connectivity index (χ1) is 9.92. The van der Waals surface area contributed by atoms with E-state index in [1.165, 1.54) is 16.3 Å². The molecule has 98 valence electrons. The highest BCUT2D eigenvalue weighted by molar-refractivity contribution is 5.94. The molecule has 0 saturated heterocycles. The summed E-state index contributed by atoms with van der Waals surface area (Å²) in [5.74, 6) is 0.823. The van der Waals surface area contributed by atoms with Gasteiger partial charge in [-0.1, -0.05) is 42.5 Å². The number of benzene rings is 2. The summed E-state index contributed by atoms with van der Waals surface area (Å²) < 4.78 is 0. The van der Waals surface area contributed by atoms with Gasteiger partial charge in [0, 0.05) is 18.3 Å². The molecule has 0 saturated carbocycles. The van der Waals surface area contributed by atoms with Crippen molar-refractivity contribution in [2.24, 2.45) is 0 Å². The fourth-order valence-corrected chi connectivity index (χ4v) is 2.78. The smallest absolute Gasteiger partial charge is 0.160 e. The first-order valence-corrected chi connectivity index (χ1v) is 6.95. The fourth-order valence-electron chi connectivity index (χ4n) is 2.78. The van der Waals surface area contributed by atoms with Crippen molar-refractivity contribution in [3.8, 4) is 11.4 Å². The summed E-state index contributed by atoms with van der Waals surface area (Å²) in [6.07, 6.45) is 3.01. The van der Waals surface area contributed by atoms with Gasteiger partial charge in [-0.05, 0) is 29.3 Å². The SMILES string of the molecule is c1ccc2c(-c3ncc4c(n3)CNCC4)cccc2c1. The third-order valence-corrected chi connectivity index (χ3v) is 3.85. The van der Waals surface area contributed by atoms with Crippen molar-refractivity contribution >= 4 is 10.8 Å². The molecule has 4 rings (SSSR count). The van der Waals surface area contributed by atoms with E-state index in [1.807, 2.05) is 6.20 Å². The van der Waals surface area contributed by atoms with Crippen molar-refractivity contribution in [2.75, 3.05) is 6.54 Å². The van der Waals surface area contributed by atoms with Crippen LogP contribution in [0.1, 0.15) is 11.3 Å². The van der Waals surface area contributed by atoms with Gasteiger partial charge in [0.05, 0.1) is 5.69 Å². The number of nitrogens with zero attached hydrogens (tertiary/aromatic N) is 2. The molecule has 3 nitrogen and oxygen atoms in total. The van der Waals surface area contributed by atoms with Crippen molar-refractivity contribution in [2.45, 2.75) is 13.0 Å². The Balaban J connectivity index is 1.91. The van der Waals surface area contributed by atoms with Gasteiger partial charge in [-0.25, -0.2) is 9.97 Å². The zero-order chi connectivity index (χ0) is 13.4. The van der Waals surface area contributed by atoms with Crippen LogP contribution in [0.5, 0.6) is 0 Å². The van der Waals surface area contributed by atoms with Gasteiger partial charge in [-0.2, -0.15) is 0 Å². The van der Waals surface area contributed by atoms with Crippen LogP contribution in [0.4, 0.5) is 0 Å². The minimum Gasteiger partial charge on any atom is -0.311 e. The summed E-state index contributed by atoms with van der Waals surface area (Å²) in [5, 5.41) is 5.80. The van der Waals surface area contributed by atoms with E-state index in [1.54, 1.807) is 0 Å². The van der Waals surface area contributed by atoms with Crippen LogP contribution in [0.2, 0.25) is 0 Å². The molecule has 0 radical (unpaired) electrons. The molecule has 0 unspecified atom stereocenters. The van der Waals surface area contributed by atoms with E-state index < -0.39 is 0 Å². The lowest BCUT2D eigenvalue weighted by molar-refractivity contribution is 0.624. The topological polar surface area (TPSA) is 37.8 Å². The predicted octanol–water partition coefficient (Wildman–Crippen LogP) is 2.94. The van der Waals surface area contributed by atoms with Crippen molar-refractivity contribution < 1.29 is 0 Å². The van der Waals surface area contributed by atoms with Gasteiger partial charge in [-0.15, -0.1) is 0 Å². The van der Waals surface area contributed by atoms with E-state index in [0.717, 1.165) is 36.6 Å². The Morgan fingerprint density at radius 2 is 1.90 bits per heavy atom. The molecule has 0 spiro atoms. The molecule has 1 aromatic heterocycles. The average molecular weight is 261 g/mol. The number of aromatic nitrogens is 2. The van der Waals surface area contributed by atoms with Crippen LogP contribution in [0, 0.1) is 0 Å². The standard InChI is InChI=1S/C17H15N3/c1-2-6-14-12(4-1)5-3-7-15(14)17-19-10-13-8-9-18-11-16(13)20-17/h1-7,10,18H,8-9,11H2. The molecule has 0 bridgehead atoms. The Labute approximate surface area is 117 Å². The minimum atomic E-state index is 0.823. The maximum absolute atomic E-state index is 4.76. The number of hydrogen-bond donors (Lipinski definition) is 1. The first-order valence-electron chi connectivity index (χ1n) is 6.95. The van der Waals surface area contributed by atoms with Gasteiger partial charge in [0.25, 0.3) is 0 Å². The summed E-state index contributed by atoms with van der Waals surface area (Å²) in [5.41, 5.74) is 3.51. The molecule has 1 N–H and O–H groups in total. The predicted molar refractivity (Wildman–Crippen MR) is 80.4 cm³/mol. The van der Waals surface area contributed by atoms with Crippen LogP contribution < -0.4 is 5.32 Å². The Morgan fingerprint density at radius 1 is 1.00 bits per heavy atom. The maximum atomic E-state index is 4.76. The lowest BCUT2D eigenvalue weighted by Crippen LogP contribution is -2.25. The fraction of sp³-hybridized carbons (Fsp3) is 0.176. The molecule has 1 aliphatic heterocycles. The van der Waals surface area contributed by atoms with E-state index in [9.17, 15) is 0 Å². The van der Waals surface area contributed by atoms with Gasteiger partial charge in [0.1, 0.15) is 0 Å². The zero-order valence-electron chi connectivity index (χ0n) is 11.1. The minimum absolute atomic E-state index is 0.823. The van der Waals surface area contributed by atoms with E-state index in [4.69, 9.17) is 4.98 Å². The van der Waals surface area contributed by atoms with Crippen molar-refractivity contribution in [1.29, 1.82) is 0 Å². The molecule has 3 heteroatoms. The van der Waals surface area contributed by atoms with Gasteiger partial charge in [0.15, 0.2) is 5.82 Å². The van der Waals surface area contributed by atoms with Gasteiger partial charge in [-0.3, -0.25) is 0 Å². The maximum Gasteiger partial charge on any atom is 0.160 e. The Kier molecular flexibility index (Phi) is 2.71. The van der Waals surface area contributed by atoms with Gasteiger partial charge < -0.3 is 5.32 Å². The summed E-state index contributed by atoms with van der Waals surface area (Å²) in [7, 11) is 0. The number of fused-ring (bicyclic) bond motifs is 2. The van der Waals surface area contributed by atoms with Crippen LogP contribution in [0.25, 0.3) is 22.2 Å². The number of hydrogen-bond acceptors (Lipinski definition) is 3. The lowest BCUT2D eigenvalue weighted by atomic mass is 10.0. The number of rotatable bonds is 1. The van der Waals surface area contributed by atoms with Crippen molar-refractivity contribution in [1.82, 2.24) is 15.3 Å². The van der Waals surface area contributed by atoms with Crippen LogP contribution in [-0.4, -0.2) is 16.5 Å². The van der Waals surface area contributed by atoms with Crippen molar-refractivity contribution in [3.63, 3.8) is 0 Å². The third kappa shape index (κ3) is 1.87. The monoisotopic (exact) mass is 261 g/mol. The highest BCUT2D eigenvalue weighted by Gasteiger charge is 2.13. The Morgan fingerprint density at radius 3 is 2.90 bits per heavy atom. The second kappa shape index (κ2) is 4.69. The average Bonchev–Trinajstić information content (AvgIpc) is 2.54. The Bertz CT molecular complexity index is 775. The van der Waals surface area contributed by atoms with Crippen LogP contribution >= 0.6 is 0 Å². The molecule has 1 aliphatic rings. The molecule has 0 amide bonds. The third-order valence-electron chi connectivity index (χ3n) is 3.85. The van der Waals surface area contributed by atoms with Crippen molar-refractivity contribution in [3.05, 3.63) is 59.9 Å². The van der Waals surface area contributed by atoms with Crippen LogP contribution in [-0.2, 0) is 13.0 Å². The Hall–Kier alpha value is -2.26. The summed E-state index contributed by atoms with van der Waals surface area (Å²) in [6, 6.07) is 14.7. The number of nitrogens with one attached hydrogen (secondary N) is 1. The normalized spacial score (nSPS) is 14.2. The first kappa shape index (κ1) is 11.6. The quantitative estimate of drug-likeness (QED) is 0.732. The largest absolute Gasteiger partial charge is 0.311 e. The lowest BCUT2D eigenvalue weighted by Gasteiger charge is -2.16. The molecule has 0 aliphatic carbocycles. The van der Waals surface area contributed by atoms with E-state index >= 15 is 0 Å². The molecule has 3 aromatic rings. The molecule has 0 atom stereocenters. The molecule has 0 fully saturated rings. The highest BCUT2D eigenvalue weighted by Crippen LogP contribution is 2.26. The zero-order valence-corrected chi connectivity index (χ0v) is 11.1.